The first kappa shape index (κ1) is 29.6. The van der Waals surface area contributed by atoms with Gasteiger partial charge < -0.3 is 9.64 Å². The summed E-state index contributed by atoms with van der Waals surface area (Å²) in [6.07, 6.45) is 9.04. The van der Waals surface area contributed by atoms with E-state index < -0.39 is 0 Å². The smallest absolute Gasteiger partial charge is 0.265 e. The third kappa shape index (κ3) is 5.88. The second kappa shape index (κ2) is 13.7. The van der Waals surface area contributed by atoms with Crippen LogP contribution in [0.1, 0.15) is 85.6 Å². The second-order valence-electron chi connectivity index (χ2n) is 9.24. The molecule has 2 amide bonds. The molecule has 206 valence electrons. The van der Waals surface area contributed by atoms with Crippen LogP contribution in [0.5, 0.6) is 5.75 Å². The lowest BCUT2D eigenvalue weighted by Crippen LogP contribution is -2.56. The van der Waals surface area contributed by atoms with Crippen LogP contribution in [0.3, 0.4) is 0 Å². The van der Waals surface area contributed by atoms with Crippen molar-refractivity contribution in [3.05, 3.63) is 52.3 Å². The van der Waals surface area contributed by atoms with Gasteiger partial charge in [-0.05, 0) is 86.7 Å². The van der Waals surface area contributed by atoms with Gasteiger partial charge in [-0.2, -0.15) is 0 Å². The number of hydrogen-bond donors (Lipinski definition) is 0. The summed E-state index contributed by atoms with van der Waals surface area (Å²) in [4.78, 5) is 32.5. The molecule has 0 N–H and O–H groups in total. The van der Waals surface area contributed by atoms with Crippen LogP contribution in [0.4, 0.5) is 5.69 Å². The van der Waals surface area contributed by atoms with E-state index in [4.69, 9.17) is 17.0 Å². The van der Waals surface area contributed by atoms with Crippen LogP contribution in [-0.4, -0.2) is 52.9 Å². The van der Waals surface area contributed by atoms with Crippen molar-refractivity contribution in [2.24, 2.45) is 0 Å². The summed E-state index contributed by atoms with van der Waals surface area (Å²) in [6.45, 7) is 15.0. The summed E-state index contributed by atoms with van der Waals surface area (Å²) in [6, 6.07) is 6.40. The topological polar surface area (TPSA) is 53.1 Å². The van der Waals surface area contributed by atoms with Gasteiger partial charge in [0.25, 0.3) is 11.8 Å². The molecule has 0 aromatic heterocycles. The largest absolute Gasteiger partial charge is 0.456 e. The lowest BCUT2D eigenvalue weighted by atomic mass is 10.0. The highest BCUT2D eigenvalue weighted by atomic mass is 32.1. The molecule has 0 atom stereocenters. The fourth-order valence-electron chi connectivity index (χ4n) is 5.09. The maximum atomic E-state index is 13.5. The van der Waals surface area contributed by atoms with E-state index >= 15 is 0 Å². The predicted octanol–water partition coefficient (Wildman–Crippen LogP) is 6.87. The molecule has 0 unspecified atom stereocenters. The van der Waals surface area contributed by atoms with Gasteiger partial charge in [0.2, 0.25) is 0 Å². The summed E-state index contributed by atoms with van der Waals surface area (Å²) in [7, 11) is 0. The number of allylic oxidation sites excluding steroid dienone is 3. The monoisotopic (exact) mass is 537 g/mol. The maximum absolute atomic E-state index is 13.5. The molecule has 1 aromatic carbocycles. The van der Waals surface area contributed by atoms with Crippen molar-refractivity contribution < 1.29 is 14.3 Å². The quantitative estimate of drug-likeness (QED) is 0.310. The van der Waals surface area contributed by atoms with Crippen LogP contribution in [0.25, 0.3) is 6.08 Å². The van der Waals surface area contributed by atoms with Crippen LogP contribution < -0.4 is 9.64 Å². The zero-order valence-corrected chi connectivity index (χ0v) is 24.7. The molecule has 3 heterocycles. The third-order valence-electron chi connectivity index (χ3n) is 7.06. The first-order valence-electron chi connectivity index (χ1n) is 14.4. The number of amides is 2. The predicted molar refractivity (Wildman–Crippen MR) is 160 cm³/mol. The molecule has 38 heavy (non-hydrogen) atoms. The molecule has 0 spiro atoms. The van der Waals surface area contributed by atoms with Crippen molar-refractivity contribution in [2.45, 2.75) is 80.1 Å². The van der Waals surface area contributed by atoms with Gasteiger partial charge >= 0.3 is 0 Å². The highest BCUT2D eigenvalue weighted by Crippen LogP contribution is 2.42. The molecule has 6 nitrogen and oxygen atoms in total. The van der Waals surface area contributed by atoms with E-state index in [1.54, 1.807) is 15.9 Å². The lowest BCUT2D eigenvalue weighted by molar-refractivity contribution is -0.133. The van der Waals surface area contributed by atoms with E-state index in [9.17, 15) is 9.59 Å². The van der Waals surface area contributed by atoms with E-state index in [-0.39, 0.29) is 17.4 Å². The van der Waals surface area contributed by atoms with Gasteiger partial charge in [0.15, 0.2) is 5.11 Å². The Morgan fingerprint density at radius 1 is 0.947 bits per heavy atom. The minimum absolute atomic E-state index is 0.196. The van der Waals surface area contributed by atoms with Gasteiger partial charge in [-0.3, -0.25) is 19.4 Å². The van der Waals surface area contributed by atoms with Crippen LogP contribution in [-0.2, 0) is 9.59 Å². The molecule has 1 aliphatic carbocycles. The van der Waals surface area contributed by atoms with Gasteiger partial charge in [-0.15, -0.1) is 0 Å². The van der Waals surface area contributed by atoms with Crippen LogP contribution >= 0.6 is 12.2 Å². The van der Waals surface area contributed by atoms with Gasteiger partial charge in [-0.25, -0.2) is 0 Å². The Balaban J connectivity index is 0.000000956. The number of thiocarbonyl (C=S) groups is 1. The summed E-state index contributed by atoms with van der Waals surface area (Å²) in [5.74, 6) is 1.05. The number of carbonyl (C=O) groups excluding carboxylic acids is 2. The van der Waals surface area contributed by atoms with Gasteiger partial charge in [0.05, 0.1) is 0 Å². The fourth-order valence-corrected chi connectivity index (χ4v) is 5.43. The number of rotatable bonds is 4. The van der Waals surface area contributed by atoms with Crippen molar-refractivity contribution in [1.82, 2.24) is 9.80 Å². The summed E-state index contributed by atoms with van der Waals surface area (Å²) in [5, 5.41) is 0.340. The van der Waals surface area contributed by atoms with Crippen molar-refractivity contribution in [3.8, 4) is 5.75 Å². The van der Waals surface area contributed by atoms with Gasteiger partial charge in [0, 0.05) is 43.5 Å². The van der Waals surface area contributed by atoms with Gasteiger partial charge in [0.1, 0.15) is 17.1 Å². The van der Waals surface area contributed by atoms with Crippen LogP contribution in [0, 0.1) is 0 Å². The lowest BCUT2D eigenvalue weighted by Gasteiger charge is -2.37. The highest BCUT2D eigenvalue weighted by molar-refractivity contribution is 7.80. The summed E-state index contributed by atoms with van der Waals surface area (Å²) in [5.41, 5.74) is 4.43. The van der Waals surface area contributed by atoms with Gasteiger partial charge in [-0.1, -0.05) is 41.0 Å². The zero-order chi connectivity index (χ0) is 27.8. The average Bonchev–Trinajstić information content (AvgIpc) is 3.34. The van der Waals surface area contributed by atoms with Crippen molar-refractivity contribution in [1.29, 1.82) is 0 Å². The number of nitrogens with zero attached hydrogens (tertiary/aromatic N) is 3. The molecule has 0 saturated carbocycles. The minimum atomic E-state index is -0.287. The molecule has 5 rings (SSSR count). The fraction of sp³-hybridized carbons (Fsp3) is 0.516. The first-order valence-corrected chi connectivity index (χ1v) is 14.8. The molecule has 4 aliphatic rings. The Hall–Kier alpha value is -2.93. The standard InChI is InChI=1S/C27H31N3O3S.2C2H6/c1-3-5-13-29-25(31)22-16-20-9-8-19-15-18-10-11-21(17-23(18)33-24(19)20)28(4-2)12-6-7-14-30(26(22)32)27(29)34;2*1-2/h10-11,15-17H,3-9,12-14H2,1-2H3;2*1-2H3/b22-16-;;. The zero-order valence-electron chi connectivity index (χ0n) is 23.9. The van der Waals surface area contributed by atoms with Crippen LogP contribution in [0.15, 0.2) is 46.8 Å². The Bertz CT molecular complexity index is 1150. The summed E-state index contributed by atoms with van der Waals surface area (Å²) < 4.78 is 6.41. The Labute approximate surface area is 234 Å². The number of ether oxygens (including phenoxy) is 1. The number of benzene rings is 1. The molecule has 5 bridgehead atoms. The molecule has 7 heteroatoms. The molecule has 1 aromatic rings. The molecule has 0 radical (unpaired) electrons. The van der Waals surface area contributed by atoms with Crippen LogP contribution in [0.2, 0.25) is 0 Å². The average molecular weight is 538 g/mol. The van der Waals surface area contributed by atoms with Crippen molar-refractivity contribution in [2.75, 3.05) is 31.1 Å². The number of carbonyl (C=O) groups is 2. The molecular weight excluding hydrogens is 494 g/mol. The van der Waals surface area contributed by atoms with Crippen molar-refractivity contribution >= 4 is 40.9 Å². The van der Waals surface area contributed by atoms with E-state index in [1.165, 1.54) is 0 Å². The van der Waals surface area contributed by atoms with E-state index in [2.05, 4.69) is 43.0 Å². The minimum Gasteiger partial charge on any atom is -0.456 e. The van der Waals surface area contributed by atoms with Crippen molar-refractivity contribution in [3.63, 3.8) is 0 Å². The van der Waals surface area contributed by atoms with E-state index in [0.29, 0.717) is 18.2 Å². The molecule has 1 saturated heterocycles. The van der Waals surface area contributed by atoms with E-state index in [1.807, 2.05) is 27.7 Å². The Morgan fingerprint density at radius 2 is 1.68 bits per heavy atom. The molecular formula is C31H43N3O3S. The maximum Gasteiger partial charge on any atom is 0.265 e. The molecule has 1 fully saturated rings. The first-order chi connectivity index (χ1) is 18.5. The number of hydrogen-bond acceptors (Lipinski definition) is 5. The van der Waals surface area contributed by atoms with E-state index in [0.717, 1.165) is 85.5 Å². The Morgan fingerprint density at radius 3 is 2.39 bits per heavy atom. The normalized spacial score (nSPS) is 19.8. The highest BCUT2D eigenvalue weighted by Gasteiger charge is 2.39. The number of unbranched alkanes of at least 4 members (excludes halogenated alkanes) is 1. The third-order valence-corrected chi connectivity index (χ3v) is 7.50. The summed E-state index contributed by atoms with van der Waals surface area (Å²) >= 11 is 5.64. The SMILES string of the molecule is CC.CC.CCCCN1C(=O)/C2=C/C3=C4Oc5cc(ccc5C=C4CC3)N(CC)CCCCN(C2=O)C1=S. The number of anilines is 1. The molecule has 3 aliphatic heterocycles. The second-order valence-corrected chi connectivity index (χ2v) is 9.61. The Kier molecular flexibility index (Phi) is 10.7. The number of fused-ring (bicyclic) bond motifs is 3.